The fraction of sp³-hybridized carbons (Fsp3) is 0.389. The molecule has 5 nitrogen and oxygen atoms in total. The first-order chi connectivity index (χ1) is 11.1. The summed E-state index contributed by atoms with van der Waals surface area (Å²) in [4.78, 5) is 31.3. The maximum absolute atomic E-state index is 13.1. The van der Waals surface area contributed by atoms with Crippen LogP contribution in [0.2, 0.25) is 0 Å². The molecule has 1 fully saturated rings. The zero-order valence-electron chi connectivity index (χ0n) is 13.5. The maximum Gasteiger partial charge on any atom is 0.255 e. The molecule has 2 amide bonds. The number of rotatable bonds is 3. The molecular formula is C18H21N3O2. The van der Waals surface area contributed by atoms with E-state index in [-0.39, 0.29) is 11.8 Å². The van der Waals surface area contributed by atoms with Gasteiger partial charge in [-0.1, -0.05) is 32.0 Å². The van der Waals surface area contributed by atoms with Crippen molar-refractivity contribution in [2.75, 3.05) is 13.1 Å². The topological polar surface area (TPSA) is 62.3 Å². The molecule has 1 unspecified atom stereocenters. The molecule has 0 radical (unpaired) electrons. The summed E-state index contributed by atoms with van der Waals surface area (Å²) < 4.78 is 0. The quantitative estimate of drug-likeness (QED) is 0.945. The van der Waals surface area contributed by atoms with E-state index >= 15 is 0 Å². The van der Waals surface area contributed by atoms with Crippen LogP contribution in [0.4, 0.5) is 0 Å². The highest BCUT2D eigenvalue weighted by molar-refractivity contribution is 6.07. The summed E-state index contributed by atoms with van der Waals surface area (Å²) >= 11 is 0. The smallest absolute Gasteiger partial charge is 0.255 e. The number of carbonyl (C=O) groups is 2. The van der Waals surface area contributed by atoms with Crippen molar-refractivity contribution in [3.63, 3.8) is 0 Å². The average molecular weight is 311 g/mol. The summed E-state index contributed by atoms with van der Waals surface area (Å²) in [5.41, 5.74) is 1.40. The second-order valence-corrected chi connectivity index (χ2v) is 6.31. The summed E-state index contributed by atoms with van der Waals surface area (Å²) in [5, 5.41) is 3.69. The summed E-state index contributed by atoms with van der Waals surface area (Å²) in [6.07, 6.45) is 2.32. The highest BCUT2D eigenvalue weighted by atomic mass is 16.2. The number of fused-ring (bicyclic) bond motifs is 1. The van der Waals surface area contributed by atoms with Crippen LogP contribution in [0.1, 0.15) is 30.6 Å². The molecule has 1 aromatic heterocycles. The minimum atomic E-state index is -0.400. The van der Waals surface area contributed by atoms with Crippen molar-refractivity contribution < 1.29 is 9.59 Å². The van der Waals surface area contributed by atoms with Crippen molar-refractivity contribution in [3.05, 3.63) is 42.1 Å². The lowest BCUT2D eigenvalue weighted by atomic mass is 9.98. The van der Waals surface area contributed by atoms with E-state index in [0.717, 1.165) is 10.9 Å². The number of benzene rings is 1. The van der Waals surface area contributed by atoms with Crippen molar-refractivity contribution in [2.45, 2.75) is 26.3 Å². The Kier molecular flexibility index (Phi) is 4.28. The van der Waals surface area contributed by atoms with Gasteiger partial charge in [-0.25, -0.2) is 0 Å². The van der Waals surface area contributed by atoms with Crippen LogP contribution in [0, 0.1) is 5.92 Å². The second-order valence-electron chi connectivity index (χ2n) is 6.31. The fourth-order valence-corrected chi connectivity index (χ4v) is 3.08. The SMILES string of the molecule is CC(C)CC1C(=O)NCCN1C(=O)c1ccnc2ccccc12. The van der Waals surface area contributed by atoms with Gasteiger partial charge in [-0.2, -0.15) is 0 Å². The standard InChI is InChI=1S/C18H21N3O2/c1-12(2)11-16-17(22)20-9-10-21(16)18(23)14-7-8-19-15-6-4-3-5-13(14)15/h3-8,12,16H,9-11H2,1-2H3,(H,20,22). The lowest BCUT2D eigenvalue weighted by molar-refractivity contribution is -0.128. The minimum Gasteiger partial charge on any atom is -0.353 e. The molecule has 3 rings (SSSR count). The van der Waals surface area contributed by atoms with Crippen LogP contribution in [0.5, 0.6) is 0 Å². The number of para-hydroxylation sites is 1. The van der Waals surface area contributed by atoms with Crippen LogP contribution < -0.4 is 5.32 Å². The molecule has 1 aliphatic heterocycles. The Hall–Kier alpha value is -2.43. The molecule has 0 aliphatic carbocycles. The van der Waals surface area contributed by atoms with E-state index in [0.29, 0.717) is 31.0 Å². The number of amides is 2. The predicted octanol–water partition coefficient (Wildman–Crippen LogP) is 2.22. The van der Waals surface area contributed by atoms with Crippen molar-refractivity contribution in [2.24, 2.45) is 5.92 Å². The van der Waals surface area contributed by atoms with Crippen LogP contribution in [-0.2, 0) is 4.79 Å². The molecule has 0 spiro atoms. The third kappa shape index (κ3) is 3.04. The number of hydrogen-bond donors (Lipinski definition) is 1. The lowest BCUT2D eigenvalue weighted by Gasteiger charge is -2.36. The number of nitrogens with zero attached hydrogens (tertiary/aromatic N) is 2. The Bertz CT molecular complexity index is 737. The van der Waals surface area contributed by atoms with E-state index in [4.69, 9.17) is 0 Å². The predicted molar refractivity (Wildman–Crippen MR) is 89.0 cm³/mol. The summed E-state index contributed by atoms with van der Waals surface area (Å²) in [6, 6.07) is 8.93. The van der Waals surface area contributed by atoms with Crippen molar-refractivity contribution in [1.29, 1.82) is 0 Å². The summed E-state index contributed by atoms with van der Waals surface area (Å²) in [7, 11) is 0. The Labute approximate surface area is 135 Å². The van der Waals surface area contributed by atoms with E-state index in [1.54, 1.807) is 17.2 Å². The van der Waals surface area contributed by atoms with Gasteiger partial charge in [-0.15, -0.1) is 0 Å². The first-order valence-electron chi connectivity index (χ1n) is 8.00. The van der Waals surface area contributed by atoms with Crippen LogP contribution in [0.25, 0.3) is 10.9 Å². The number of nitrogens with one attached hydrogen (secondary N) is 1. The highest BCUT2D eigenvalue weighted by Gasteiger charge is 2.34. The normalized spacial score (nSPS) is 18.3. The minimum absolute atomic E-state index is 0.0586. The summed E-state index contributed by atoms with van der Waals surface area (Å²) in [5.74, 6) is 0.189. The zero-order chi connectivity index (χ0) is 16.4. The van der Waals surface area contributed by atoms with Crippen LogP contribution in [0.15, 0.2) is 36.5 Å². The van der Waals surface area contributed by atoms with E-state index in [2.05, 4.69) is 24.1 Å². The zero-order valence-corrected chi connectivity index (χ0v) is 13.5. The van der Waals surface area contributed by atoms with Gasteiger partial charge in [0, 0.05) is 24.7 Å². The molecule has 1 N–H and O–H groups in total. The van der Waals surface area contributed by atoms with Gasteiger partial charge in [0.05, 0.1) is 11.1 Å². The molecule has 1 aromatic carbocycles. The van der Waals surface area contributed by atoms with Crippen molar-refractivity contribution in [3.8, 4) is 0 Å². The third-order valence-corrected chi connectivity index (χ3v) is 4.17. The van der Waals surface area contributed by atoms with Gasteiger partial charge in [0.1, 0.15) is 6.04 Å². The molecule has 5 heteroatoms. The number of hydrogen-bond acceptors (Lipinski definition) is 3. The molecule has 1 saturated heterocycles. The van der Waals surface area contributed by atoms with Gasteiger partial charge in [-0.3, -0.25) is 14.6 Å². The fourth-order valence-electron chi connectivity index (χ4n) is 3.08. The molecule has 23 heavy (non-hydrogen) atoms. The van der Waals surface area contributed by atoms with Crippen LogP contribution >= 0.6 is 0 Å². The van der Waals surface area contributed by atoms with E-state index in [9.17, 15) is 9.59 Å². The number of piperazine rings is 1. The lowest BCUT2D eigenvalue weighted by Crippen LogP contribution is -2.57. The molecule has 0 saturated carbocycles. The van der Waals surface area contributed by atoms with Gasteiger partial charge < -0.3 is 10.2 Å². The maximum atomic E-state index is 13.1. The van der Waals surface area contributed by atoms with E-state index in [1.807, 2.05) is 24.3 Å². The molecule has 120 valence electrons. The largest absolute Gasteiger partial charge is 0.353 e. The van der Waals surface area contributed by atoms with Crippen molar-refractivity contribution in [1.82, 2.24) is 15.2 Å². The Balaban J connectivity index is 1.98. The van der Waals surface area contributed by atoms with Gasteiger partial charge in [0.25, 0.3) is 5.91 Å². The molecule has 1 aliphatic rings. The number of pyridine rings is 1. The van der Waals surface area contributed by atoms with Crippen LogP contribution in [-0.4, -0.2) is 40.8 Å². The first kappa shape index (κ1) is 15.5. The second kappa shape index (κ2) is 6.36. The Morgan fingerprint density at radius 2 is 2.13 bits per heavy atom. The van der Waals surface area contributed by atoms with Gasteiger partial charge >= 0.3 is 0 Å². The van der Waals surface area contributed by atoms with Gasteiger partial charge in [0.2, 0.25) is 5.91 Å². The summed E-state index contributed by atoms with van der Waals surface area (Å²) in [6.45, 7) is 5.17. The Morgan fingerprint density at radius 1 is 1.35 bits per heavy atom. The molecule has 1 atom stereocenters. The average Bonchev–Trinajstić information content (AvgIpc) is 2.55. The monoisotopic (exact) mass is 311 g/mol. The highest BCUT2D eigenvalue weighted by Crippen LogP contribution is 2.22. The number of carbonyl (C=O) groups excluding carboxylic acids is 2. The van der Waals surface area contributed by atoms with Gasteiger partial charge in [0.15, 0.2) is 0 Å². The van der Waals surface area contributed by atoms with Crippen LogP contribution in [0.3, 0.4) is 0 Å². The number of aromatic nitrogens is 1. The van der Waals surface area contributed by atoms with Gasteiger partial charge in [-0.05, 0) is 24.5 Å². The first-order valence-corrected chi connectivity index (χ1v) is 8.00. The Morgan fingerprint density at radius 3 is 2.91 bits per heavy atom. The molecule has 2 aromatic rings. The molecular weight excluding hydrogens is 290 g/mol. The van der Waals surface area contributed by atoms with Crippen molar-refractivity contribution >= 4 is 22.7 Å². The third-order valence-electron chi connectivity index (χ3n) is 4.17. The van der Waals surface area contributed by atoms with E-state index in [1.165, 1.54) is 0 Å². The molecule has 0 bridgehead atoms. The molecule has 2 heterocycles. The van der Waals surface area contributed by atoms with E-state index < -0.39 is 6.04 Å².